The van der Waals surface area contributed by atoms with Gasteiger partial charge in [0.15, 0.2) is 0 Å². The number of rotatable bonds is 4. The second-order valence-corrected chi connectivity index (χ2v) is 3.23. The topological polar surface area (TPSA) is 57.5 Å². The molecule has 0 rings (SSSR count). The Bertz CT molecular complexity index is 138. The van der Waals surface area contributed by atoms with Crippen LogP contribution in [0.2, 0.25) is 0 Å². The summed E-state index contributed by atoms with van der Waals surface area (Å²) in [5.74, 6) is -1.33. The van der Waals surface area contributed by atoms with Gasteiger partial charge in [-0.1, -0.05) is 20.8 Å². The van der Waals surface area contributed by atoms with Crippen molar-refractivity contribution >= 4 is 5.97 Å². The second kappa shape index (κ2) is 3.72. The van der Waals surface area contributed by atoms with E-state index in [0.29, 0.717) is 6.42 Å². The molecule has 0 saturated carbocycles. The number of carboxylic acid groups (broad SMARTS) is 1. The van der Waals surface area contributed by atoms with Crippen LogP contribution in [0.5, 0.6) is 0 Å². The third-order valence-electron chi connectivity index (χ3n) is 2.58. The van der Waals surface area contributed by atoms with Gasteiger partial charge >= 0.3 is 5.97 Å². The molecular weight excluding hydrogens is 144 g/mol. The predicted octanol–water partition coefficient (Wildman–Crippen LogP) is 1.12. The monoisotopic (exact) mass is 160 g/mol. The van der Waals surface area contributed by atoms with Gasteiger partial charge in [-0.3, -0.25) is 4.79 Å². The molecule has 0 saturated heterocycles. The molecule has 0 aliphatic heterocycles. The van der Waals surface area contributed by atoms with Gasteiger partial charge in [0, 0.05) is 12.0 Å². The summed E-state index contributed by atoms with van der Waals surface area (Å²) in [4.78, 5) is 10.6. The van der Waals surface area contributed by atoms with Crippen LogP contribution in [0.25, 0.3) is 0 Å². The molecule has 2 atom stereocenters. The number of aliphatic hydroxyl groups is 1. The van der Waals surface area contributed by atoms with Gasteiger partial charge < -0.3 is 10.2 Å². The van der Waals surface area contributed by atoms with E-state index in [1.54, 1.807) is 13.8 Å². The molecule has 0 amide bonds. The molecule has 0 heterocycles. The molecule has 0 aromatic carbocycles. The van der Waals surface area contributed by atoms with Crippen molar-refractivity contribution in [1.29, 1.82) is 0 Å². The van der Waals surface area contributed by atoms with Crippen LogP contribution in [0.15, 0.2) is 0 Å². The largest absolute Gasteiger partial charge is 0.481 e. The summed E-state index contributed by atoms with van der Waals surface area (Å²) in [6.07, 6.45) is 0.678. The first-order valence-corrected chi connectivity index (χ1v) is 3.81. The summed E-state index contributed by atoms with van der Waals surface area (Å²) < 4.78 is 0. The molecule has 66 valence electrons. The van der Waals surface area contributed by atoms with Gasteiger partial charge in [-0.25, -0.2) is 0 Å². The van der Waals surface area contributed by atoms with Gasteiger partial charge in [0.1, 0.15) is 0 Å². The summed E-state index contributed by atoms with van der Waals surface area (Å²) in [5.41, 5.74) is -0.480. The van der Waals surface area contributed by atoms with Crippen LogP contribution in [0.4, 0.5) is 0 Å². The third kappa shape index (κ3) is 2.19. The highest BCUT2D eigenvalue weighted by Crippen LogP contribution is 2.30. The molecule has 2 unspecified atom stereocenters. The van der Waals surface area contributed by atoms with Gasteiger partial charge in [0.05, 0.1) is 5.92 Å². The minimum atomic E-state index is -0.844. The first kappa shape index (κ1) is 10.4. The lowest BCUT2D eigenvalue weighted by Gasteiger charge is -2.29. The molecule has 0 fully saturated rings. The summed E-state index contributed by atoms with van der Waals surface area (Å²) in [5, 5.41) is 17.6. The average molecular weight is 160 g/mol. The van der Waals surface area contributed by atoms with E-state index in [9.17, 15) is 4.79 Å². The number of aliphatic hydroxyl groups excluding tert-OH is 1. The standard InChI is InChI=1S/C8H16O3/c1-4-8(3,5-9)6(2)7(10)11/h6,9H,4-5H2,1-3H3,(H,10,11). The molecule has 11 heavy (non-hydrogen) atoms. The second-order valence-electron chi connectivity index (χ2n) is 3.23. The van der Waals surface area contributed by atoms with Gasteiger partial charge in [-0.15, -0.1) is 0 Å². The summed E-state index contributed by atoms with van der Waals surface area (Å²) in [6.45, 7) is 5.22. The first-order valence-electron chi connectivity index (χ1n) is 3.81. The van der Waals surface area contributed by atoms with E-state index < -0.39 is 17.3 Å². The Kier molecular flexibility index (Phi) is 3.52. The summed E-state index contributed by atoms with van der Waals surface area (Å²) in [6, 6.07) is 0. The smallest absolute Gasteiger partial charge is 0.306 e. The summed E-state index contributed by atoms with van der Waals surface area (Å²) in [7, 11) is 0. The van der Waals surface area contributed by atoms with Crippen LogP contribution in [0.3, 0.4) is 0 Å². The highest BCUT2D eigenvalue weighted by atomic mass is 16.4. The fourth-order valence-corrected chi connectivity index (χ4v) is 0.853. The van der Waals surface area contributed by atoms with Crippen molar-refractivity contribution in [2.24, 2.45) is 11.3 Å². The Balaban J connectivity index is 4.36. The van der Waals surface area contributed by atoms with Crippen LogP contribution in [-0.4, -0.2) is 22.8 Å². The molecule has 3 heteroatoms. The Labute approximate surface area is 67.0 Å². The molecule has 3 nitrogen and oxygen atoms in total. The molecule has 0 radical (unpaired) electrons. The average Bonchev–Trinajstić information content (AvgIpc) is 2.01. The predicted molar refractivity (Wildman–Crippen MR) is 42.3 cm³/mol. The minimum Gasteiger partial charge on any atom is -0.481 e. The molecule has 2 N–H and O–H groups in total. The van der Waals surface area contributed by atoms with Gasteiger partial charge in [0.2, 0.25) is 0 Å². The zero-order valence-corrected chi connectivity index (χ0v) is 7.29. The van der Waals surface area contributed by atoms with Crippen LogP contribution in [-0.2, 0) is 4.79 Å². The maximum absolute atomic E-state index is 10.6. The third-order valence-corrected chi connectivity index (χ3v) is 2.58. The molecule has 0 aliphatic carbocycles. The molecule has 0 aliphatic rings. The van der Waals surface area contributed by atoms with Crippen molar-refractivity contribution in [3.05, 3.63) is 0 Å². The lowest BCUT2D eigenvalue weighted by molar-refractivity contribution is -0.146. The first-order chi connectivity index (χ1) is 4.98. The van der Waals surface area contributed by atoms with Gasteiger partial charge in [-0.2, -0.15) is 0 Å². The SMILES string of the molecule is CCC(C)(CO)C(C)C(=O)O. The van der Waals surface area contributed by atoms with Crippen LogP contribution < -0.4 is 0 Å². The van der Waals surface area contributed by atoms with Crippen LogP contribution in [0.1, 0.15) is 27.2 Å². The van der Waals surface area contributed by atoms with Crippen molar-refractivity contribution in [3.8, 4) is 0 Å². The maximum atomic E-state index is 10.6. The van der Waals surface area contributed by atoms with Crippen molar-refractivity contribution in [3.63, 3.8) is 0 Å². The van der Waals surface area contributed by atoms with E-state index in [0.717, 1.165) is 0 Å². The number of hydrogen-bond donors (Lipinski definition) is 2. The van der Waals surface area contributed by atoms with Crippen LogP contribution in [0, 0.1) is 11.3 Å². The normalized spacial score (nSPS) is 18.9. The number of hydrogen-bond acceptors (Lipinski definition) is 2. The van der Waals surface area contributed by atoms with Crippen LogP contribution >= 0.6 is 0 Å². The fraction of sp³-hybridized carbons (Fsp3) is 0.875. The maximum Gasteiger partial charge on any atom is 0.306 e. The lowest BCUT2D eigenvalue weighted by Crippen LogP contribution is -2.33. The molecule has 0 bridgehead atoms. The van der Waals surface area contributed by atoms with E-state index in [1.165, 1.54) is 0 Å². The molecule has 0 aromatic heterocycles. The van der Waals surface area contributed by atoms with E-state index in [1.807, 2.05) is 6.92 Å². The number of carbonyl (C=O) groups is 1. The van der Waals surface area contributed by atoms with Crippen molar-refractivity contribution < 1.29 is 15.0 Å². The zero-order chi connectivity index (χ0) is 9.07. The molecule has 0 spiro atoms. The van der Waals surface area contributed by atoms with Gasteiger partial charge in [-0.05, 0) is 6.42 Å². The van der Waals surface area contributed by atoms with E-state index >= 15 is 0 Å². The zero-order valence-electron chi connectivity index (χ0n) is 7.29. The minimum absolute atomic E-state index is 0.0725. The molecule has 0 aromatic rings. The Morgan fingerprint density at radius 3 is 2.18 bits per heavy atom. The highest BCUT2D eigenvalue weighted by Gasteiger charge is 2.33. The van der Waals surface area contributed by atoms with E-state index in [4.69, 9.17) is 10.2 Å². The quantitative estimate of drug-likeness (QED) is 0.647. The Hall–Kier alpha value is -0.570. The van der Waals surface area contributed by atoms with Crippen molar-refractivity contribution in [1.82, 2.24) is 0 Å². The lowest BCUT2D eigenvalue weighted by atomic mass is 9.77. The summed E-state index contributed by atoms with van der Waals surface area (Å²) >= 11 is 0. The van der Waals surface area contributed by atoms with Crippen molar-refractivity contribution in [2.45, 2.75) is 27.2 Å². The van der Waals surface area contributed by atoms with Gasteiger partial charge in [0.25, 0.3) is 0 Å². The highest BCUT2D eigenvalue weighted by molar-refractivity contribution is 5.70. The molecular formula is C8H16O3. The van der Waals surface area contributed by atoms with E-state index in [-0.39, 0.29) is 6.61 Å². The van der Waals surface area contributed by atoms with E-state index in [2.05, 4.69) is 0 Å². The number of carboxylic acids is 1. The fourth-order valence-electron chi connectivity index (χ4n) is 0.853. The Morgan fingerprint density at radius 1 is 1.64 bits per heavy atom. The Morgan fingerprint density at radius 2 is 2.09 bits per heavy atom. The van der Waals surface area contributed by atoms with Crippen molar-refractivity contribution in [2.75, 3.05) is 6.61 Å². The number of aliphatic carboxylic acids is 1.